The van der Waals surface area contributed by atoms with E-state index in [9.17, 15) is 0 Å². The summed E-state index contributed by atoms with van der Waals surface area (Å²) in [5, 5.41) is 4.46. The molecule has 1 saturated carbocycles. The average Bonchev–Trinajstić information content (AvgIpc) is 2.98. The van der Waals surface area contributed by atoms with Crippen molar-refractivity contribution in [3.63, 3.8) is 0 Å². The molecule has 1 aromatic carbocycles. The summed E-state index contributed by atoms with van der Waals surface area (Å²) in [5.41, 5.74) is 2.21. The minimum atomic E-state index is 0.482. The van der Waals surface area contributed by atoms with Crippen molar-refractivity contribution in [1.29, 1.82) is 0 Å². The first-order valence-corrected chi connectivity index (χ1v) is 8.12. The molecule has 4 unspecified atom stereocenters. The van der Waals surface area contributed by atoms with Gasteiger partial charge in [-0.2, -0.15) is 0 Å². The van der Waals surface area contributed by atoms with Crippen LogP contribution in [0.15, 0.2) is 28.8 Å². The normalized spacial score (nSPS) is 29.8. The lowest BCUT2D eigenvalue weighted by Gasteiger charge is -2.27. The van der Waals surface area contributed by atoms with Crippen LogP contribution < -0.4 is 5.32 Å². The quantitative estimate of drug-likeness (QED) is 0.724. The summed E-state index contributed by atoms with van der Waals surface area (Å²) >= 11 is 9.84. The zero-order valence-electron chi connectivity index (χ0n) is 11.3. The number of anilines is 1. The van der Waals surface area contributed by atoms with Gasteiger partial charge in [0.15, 0.2) is 0 Å². The van der Waals surface area contributed by atoms with E-state index < -0.39 is 0 Å². The van der Waals surface area contributed by atoms with Crippen LogP contribution in [-0.4, -0.2) is 6.04 Å². The smallest absolute Gasteiger partial charge is 0.0501 e. The molecule has 0 radical (unpaired) electrons. The number of hydrogen-bond acceptors (Lipinski definition) is 1. The molecule has 0 aliphatic heterocycles. The molecule has 0 saturated heterocycles. The molecule has 0 amide bonds. The second kappa shape index (κ2) is 5.14. The van der Waals surface area contributed by atoms with Crippen molar-refractivity contribution in [3.8, 4) is 0 Å². The predicted octanol–water partition coefficient (Wildman–Crippen LogP) is 5.42. The van der Waals surface area contributed by atoms with Crippen LogP contribution in [0.2, 0.25) is 5.02 Å². The minimum Gasteiger partial charge on any atom is -0.381 e. The van der Waals surface area contributed by atoms with E-state index in [4.69, 9.17) is 11.6 Å². The van der Waals surface area contributed by atoms with Crippen molar-refractivity contribution in [2.75, 3.05) is 5.32 Å². The van der Waals surface area contributed by atoms with Crippen molar-refractivity contribution in [2.24, 2.45) is 17.8 Å². The van der Waals surface area contributed by atoms with Crippen LogP contribution in [0.1, 0.15) is 25.3 Å². The molecule has 1 aromatic rings. The van der Waals surface area contributed by atoms with Gasteiger partial charge in [0.05, 0.1) is 5.69 Å². The molecule has 102 valence electrons. The van der Waals surface area contributed by atoms with Gasteiger partial charge in [-0.25, -0.2) is 0 Å². The lowest BCUT2D eigenvalue weighted by atomic mass is 9.87. The summed E-state index contributed by atoms with van der Waals surface area (Å²) in [5.74, 6) is 2.35. The first-order chi connectivity index (χ1) is 9.04. The number of rotatable bonds is 3. The highest BCUT2D eigenvalue weighted by atomic mass is 79.9. The molecule has 3 rings (SSSR count). The Hall–Kier alpha value is -0.470. The van der Waals surface area contributed by atoms with Gasteiger partial charge in [0.2, 0.25) is 0 Å². The molecule has 2 bridgehead atoms. The predicted molar refractivity (Wildman–Crippen MR) is 85.8 cm³/mol. The number of halogens is 2. The molecule has 2 aliphatic carbocycles. The number of hydrogen-bond donors (Lipinski definition) is 1. The molecule has 0 spiro atoms. The van der Waals surface area contributed by atoms with E-state index in [0.29, 0.717) is 6.04 Å². The largest absolute Gasteiger partial charge is 0.381 e. The van der Waals surface area contributed by atoms with Gasteiger partial charge in [0.25, 0.3) is 0 Å². The van der Waals surface area contributed by atoms with E-state index in [1.165, 1.54) is 12.8 Å². The number of allylic oxidation sites excluding steroid dienone is 2. The van der Waals surface area contributed by atoms with Crippen LogP contribution >= 0.6 is 27.5 Å². The van der Waals surface area contributed by atoms with Crippen molar-refractivity contribution in [2.45, 2.75) is 32.7 Å². The average molecular weight is 341 g/mol. The fourth-order valence-corrected chi connectivity index (χ4v) is 4.24. The van der Waals surface area contributed by atoms with Crippen molar-refractivity contribution >= 4 is 33.2 Å². The maximum Gasteiger partial charge on any atom is 0.0501 e. The summed E-state index contributed by atoms with van der Waals surface area (Å²) in [6.45, 7) is 4.32. The first kappa shape index (κ1) is 13.5. The number of aryl methyl sites for hydroxylation is 1. The molecule has 1 nitrogen and oxygen atoms in total. The highest BCUT2D eigenvalue weighted by Gasteiger charge is 2.38. The van der Waals surface area contributed by atoms with E-state index in [2.05, 4.69) is 46.4 Å². The van der Waals surface area contributed by atoms with E-state index in [1.807, 2.05) is 13.0 Å². The molecular weight excluding hydrogens is 322 g/mol. The van der Waals surface area contributed by atoms with Gasteiger partial charge in [-0.3, -0.25) is 0 Å². The summed E-state index contributed by atoms with van der Waals surface area (Å²) in [4.78, 5) is 0. The molecule has 0 aromatic heterocycles. The van der Waals surface area contributed by atoms with Crippen LogP contribution in [0.4, 0.5) is 5.69 Å². The Bertz CT molecular complexity index is 526. The highest BCUT2D eigenvalue weighted by molar-refractivity contribution is 9.10. The fraction of sp³-hybridized carbons (Fsp3) is 0.500. The van der Waals surface area contributed by atoms with Crippen LogP contribution in [0.25, 0.3) is 0 Å². The van der Waals surface area contributed by atoms with E-state index in [1.54, 1.807) is 0 Å². The van der Waals surface area contributed by atoms with E-state index in [-0.39, 0.29) is 0 Å². The maximum absolute atomic E-state index is 6.22. The Morgan fingerprint density at radius 1 is 1.32 bits per heavy atom. The third-order valence-corrected chi connectivity index (χ3v) is 5.67. The van der Waals surface area contributed by atoms with Crippen molar-refractivity contribution in [1.82, 2.24) is 0 Å². The zero-order chi connectivity index (χ0) is 13.6. The second-order valence-electron chi connectivity index (χ2n) is 5.96. The fourth-order valence-electron chi connectivity index (χ4n) is 3.51. The Labute approximate surface area is 128 Å². The van der Waals surface area contributed by atoms with E-state index in [0.717, 1.165) is 38.5 Å². The molecular formula is C16H19BrClN. The monoisotopic (exact) mass is 339 g/mol. The van der Waals surface area contributed by atoms with Gasteiger partial charge in [-0.15, -0.1) is 0 Å². The Balaban J connectivity index is 1.75. The van der Waals surface area contributed by atoms with Crippen LogP contribution in [0.3, 0.4) is 0 Å². The SMILES string of the molecule is Cc1cc(Br)c(NC(C)C2CC3C=CC2C3)cc1Cl. The van der Waals surface area contributed by atoms with Gasteiger partial charge in [-0.05, 0) is 78.1 Å². The number of benzene rings is 1. The van der Waals surface area contributed by atoms with Crippen LogP contribution in [-0.2, 0) is 0 Å². The maximum atomic E-state index is 6.22. The Kier molecular flexibility index (Phi) is 3.65. The molecule has 4 atom stereocenters. The molecule has 0 heterocycles. The number of fused-ring (bicyclic) bond motifs is 2. The summed E-state index contributed by atoms with van der Waals surface area (Å²) in [6, 6.07) is 4.59. The van der Waals surface area contributed by atoms with E-state index >= 15 is 0 Å². The van der Waals surface area contributed by atoms with Gasteiger partial charge in [0, 0.05) is 15.5 Å². The third-order valence-electron chi connectivity index (χ3n) is 4.60. The third kappa shape index (κ3) is 2.57. The molecule has 3 heteroatoms. The van der Waals surface area contributed by atoms with Crippen LogP contribution in [0.5, 0.6) is 0 Å². The van der Waals surface area contributed by atoms with Crippen molar-refractivity contribution < 1.29 is 0 Å². The van der Waals surface area contributed by atoms with Gasteiger partial charge >= 0.3 is 0 Å². The zero-order valence-corrected chi connectivity index (χ0v) is 13.6. The lowest BCUT2D eigenvalue weighted by molar-refractivity contribution is 0.400. The minimum absolute atomic E-state index is 0.482. The second-order valence-corrected chi connectivity index (χ2v) is 7.22. The Morgan fingerprint density at radius 3 is 2.74 bits per heavy atom. The molecule has 1 fully saturated rings. The molecule has 2 aliphatic rings. The molecule has 19 heavy (non-hydrogen) atoms. The van der Waals surface area contributed by atoms with Gasteiger partial charge in [0.1, 0.15) is 0 Å². The molecule has 1 N–H and O–H groups in total. The summed E-state index contributed by atoms with van der Waals surface area (Å²) < 4.78 is 1.10. The topological polar surface area (TPSA) is 12.0 Å². The Morgan fingerprint density at radius 2 is 2.11 bits per heavy atom. The first-order valence-electron chi connectivity index (χ1n) is 6.95. The summed E-state index contributed by atoms with van der Waals surface area (Å²) in [6.07, 6.45) is 7.49. The highest BCUT2D eigenvalue weighted by Crippen LogP contribution is 2.45. The number of nitrogens with one attached hydrogen (secondary N) is 1. The van der Waals surface area contributed by atoms with Crippen LogP contribution in [0, 0.1) is 24.7 Å². The van der Waals surface area contributed by atoms with Gasteiger partial charge in [-0.1, -0.05) is 23.8 Å². The summed E-state index contributed by atoms with van der Waals surface area (Å²) in [7, 11) is 0. The van der Waals surface area contributed by atoms with Crippen molar-refractivity contribution in [3.05, 3.63) is 39.3 Å². The standard InChI is InChI=1S/C16H19BrClN/c1-9-5-14(17)16(8-15(9)18)19-10(2)13-7-11-3-4-12(13)6-11/h3-5,8,10-13,19H,6-7H2,1-2H3. The lowest BCUT2D eigenvalue weighted by Crippen LogP contribution is -2.29. The van der Waals surface area contributed by atoms with Gasteiger partial charge < -0.3 is 5.32 Å².